The zero-order valence-electron chi connectivity index (χ0n) is 11.9. The maximum atomic E-state index is 12.5. The van der Waals surface area contributed by atoms with Gasteiger partial charge in [0.1, 0.15) is 4.75 Å². The number of nitrogens with zero attached hydrogens (tertiary/aromatic N) is 1. The lowest BCUT2D eigenvalue weighted by Gasteiger charge is -2.38. The molecule has 0 radical (unpaired) electrons. The second-order valence-electron chi connectivity index (χ2n) is 5.26. The predicted molar refractivity (Wildman–Crippen MR) is 69.5 cm³/mol. The van der Waals surface area contributed by atoms with Crippen molar-refractivity contribution in [3.05, 3.63) is 11.6 Å². The van der Waals surface area contributed by atoms with E-state index < -0.39 is 43.8 Å². The van der Waals surface area contributed by atoms with Crippen LogP contribution in [0.1, 0.15) is 13.8 Å². The van der Waals surface area contributed by atoms with Crippen LogP contribution in [0.3, 0.4) is 0 Å². The highest BCUT2D eigenvalue weighted by molar-refractivity contribution is 7.94. The van der Waals surface area contributed by atoms with Gasteiger partial charge >= 0.3 is 11.9 Å². The summed E-state index contributed by atoms with van der Waals surface area (Å²) in [4.78, 5) is 36.1. The van der Waals surface area contributed by atoms with E-state index in [1.54, 1.807) is 0 Å². The van der Waals surface area contributed by atoms with E-state index in [1.165, 1.54) is 13.8 Å². The molecule has 2 rings (SSSR count). The second kappa shape index (κ2) is 4.55. The Balaban J connectivity index is 2.54. The molecule has 21 heavy (non-hydrogen) atoms. The topological polar surface area (TPSA) is 107 Å². The summed E-state index contributed by atoms with van der Waals surface area (Å²) in [5.74, 6) is -2.32. The van der Waals surface area contributed by atoms with Crippen LogP contribution >= 0.6 is 0 Å². The number of carbonyl (C=O) groups excluding carboxylic acids is 3. The van der Waals surface area contributed by atoms with Crippen LogP contribution in [-0.2, 0) is 33.7 Å². The van der Waals surface area contributed by atoms with Crippen molar-refractivity contribution < 1.29 is 32.3 Å². The Kier molecular flexibility index (Phi) is 3.36. The number of amides is 1. The molecule has 0 saturated carbocycles. The average Bonchev–Trinajstić information content (AvgIpc) is 2.57. The first-order valence-corrected chi connectivity index (χ1v) is 7.59. The van der Waals surface area contributed by atoms with Crippen LogP contribution in [-0.4, -0.2) is 61.5 Å². The molecule has 2 atom stereocenters. The third kappa shape index (κ3) is 1.80. The third-order valence-electron chi connectivity index (χ3n) is 3.86. The molecule has 2 heterocycles. The molecule has 9 heteroatoms. The van der Waals surface area contributed by atoms with Crippen molar-refractivity contribution in [3.63, 3.8) is 0 Å². The fourth-order valence-electron chi connectivity index (χ4n) is 2.62. The molecular formula is C12H15NO7S. The number of esters is 2. The van der Waals surface area contributed by atoms with E-state index in [2.05, 4.69) is 9.47 Å². The normalized spacial score (nSPS) is 30.6. The number of carbonyl (C=O) groups is 3. The lowest BCUT2D eigenvalue weighted by atomic mass is 9.95. The van der Waals surface area contributed by atoms with Crippen molar-refractivity contribution in [3.8, 4) is 0 Å². The molecule has 116 valence electrons. The number of sulfone groups is 1. The van der Waals surface area contributed by atoms with Gasteiger partial charge in [-0.05, 0) is 13.8 Å². The fourth-order valence-corrected chi connectivity index (χ4v) is 4.74. The number of β-lactam (4-membered cyclic amide) rings is 1. The molecule has 0 aromatic heterocycles. The summed E-state index contributed by atoms with van der Waals surface area (Å²) in [6.07, 6.45) is 0.844. The van der Waals surface area contributed by atoms with Gasteiger partial charge in [0.25, 0.3) is 5.91 Å². The summed E-state index contributed by atoms with van der Waals surface area (Å²) in [6, 6.07) is -1.24. The van der Waals surface area contributed by atoms with Crippen LogP contribution < -0.4 is 0 Å². The lowest BCUT2D eigenvalue weighted by Crippen LogP contribution is -2.59. The molecule has 0 spiro atoms. The smallest absolute Gasteiger partial charge is 0.331 e. The van der Waals surface area contributed by atoms with Gasteiger partial charge in [0.2, 0.25) is 0 Å². The van der Waals surface area contributed by atoms with Crippen LogP contribution in [0.4, 0.5) is 0 Å². The molecule has 2 saturated heterocycles. The largest absolute Gasteiger partial charge is 0.467 e. The van der Waals surface area contributed by atoms with Crippen LogP contribution in [0.2, 0.25) is 0 Å². The van der Waals surface area contributed by atoms with Gasteiger partial charge in [0, 0.05) is 6.08 Å². The van der Waals surface area contributed by atoms with Crippen LogP contribution in [0.15, 0.2) is 11.6 Å². The number of fused-ring (bicyclic) bond motifs is 1. The van der Waals surface area contributed by atoms with E-state index in [-0.39, 0.29) is 5.57 Å². The molecule has 0 aromatic carbocycles. The monoisotopic (exact) mass is 317 g/mol. The fraction of sp³-hybridized carbons (Fsp3) is 0.583. The highest BCUT2D eigenvalue weighted by atomic mass is 32.2. The SMILES string of the molecule is COC(=O)/C=C1/C(=O)N2[C@@H](C(=O)OC)C(C)(C)S(=O)(=O)[C@H]12. The third-order valence-corrected chi connectivity index (χ3v) is 6.62. The summed E-state index contributed by atoms with van der Waals surface area (Å²) in [5.41, 5.74) is -0.193. The van der Waals surface area contributed by atoms with Crippen molar-refractivity contribution in [2.45, 2.75) is 30.0 Å². The highest BCUT2D eigenvalue weighted by Crippen LogP contribution is 2.48. The van der Waals surface area contributed by atoms with Gasteiger partial charge in [-0.2, -0.15) is 0 Å². The highest BCUT2D eigenvalue weighted by Gasteiger charge is 2.70. The zero-order valence-corrected chi connectivity index (χ0v) is 12.8. The maximum Gasteiger partial charge on any atom is 0.331 e. The standard InChI is InChI=1S/C12H15NO7S/c1-12(2)8(11(16)20-4)13-9(15)6(5-7(14)19-3)10(13)21(12,17)18/h5,8,10H,1-4H3/b6-5-/t8-,10+/m0/s1. The maximum absolute atomic E-state index is 12.5. The first-order valence-electron chi connectivity index (χ1n) is 6.04. The summed E-state index contributed by atoms with van der Waals surface area (Å²) in [6.45, 7) is 2.70. The van der Waals surface area contributed by atoms with Crippen molar-refractivity contribution >= 4 is 27.7 Å². The van der Waals surface area contributed by atoms with E-state index in [0.717, 1.165) is 25.2 Å². The van der Waals surface area contributed by atoms with Crippen molar-refractivity contribution in [1.82, 2.24) is 4.90 Å². The van der Waals surface area contributed by atoms with E-state index in [0.29, 0.717) is 0 Å². The Morgan fingerprint density at radius 1 is 1.24 bits per heavy atom. The molecule has 2 aliphatic heterocycles. The molecule has 0 bridgehead atoms. The Morgan fingerprint density at radius 2 is 1.81 bits per heavy atom. The van der Waals surface area contributed by atoms with E-state index in [4.69, 9.17) is 0 Å². The van der Waals surface area contributed by atoms with E-state index in [1.807, 2.05) is 0 Å². The number of ether oxygens (including phenoxy) is 2. The summed E-state index contributed by atoms with van der Waals surface area (Å²) in [7, 11) is -1.64. The minimum atomic E-state index is -3.88. The van der Waals surface area contributed by atoms with E-state index in [9.17, 15) is 22.8 Å². The molecule has 2 fully saturated rings. The molecule has 0 unspecified atom stereocenters. The van der Waals surface area contributed by atoms with Crippen molar-refractivity contribution in [2.24, 2.45) is 0 Å². The molecule has 0 aliphatic carbocycles. The van der Waals surface area contributed by atoms with Gasteiger partial charge in [-0.15, -0.1) is 0 Å². The van der Waals surface area contributed by atoms with Gasteiger partial charge in [-0.1, -0.05) is 0 Å². The Bertz CT molecular complexity index is 661. The zero-order chi connectivity index (χ0) is 16.2. The second-order valence-corrected chi connectivity index (χ2v) is 7.85. The quantitative estimate of drug-likeness (QED) is 0.365. The van der Waals surface area contributed by atoms with Crippen molar-refractivity contribution in [1.29, 1.82) is 0 Å². The number of hydrogen-bond donors (Lipinski definition) is 0. The van der Waals surface area contributed by atoms with Crippen LogP contribution in [0, 0.1) is 0 Å². The number of rotatable bonds is 2. The summed E-state index contributed by atoms with van der Waals surface area (Å²) >= 11 is 0. The van der Waals surface area contributed by atoms with Crippen molar-refractivity contribution in [2.75, 3.05) is 14.2 Å². The van der Waals surface area contributed by atoms with Gasteiger partial charge in [0.05, 0.1) is 19.8 Å². The van der Waals surface area contributed by atoms with Gasteiger partial charge in [-0.25, -0.2) is 18.0 Å². The summed E-state index contributed by atoms with van der Waals surface area (Å²) < 4.78 is 32.6. The van der Waals surface area contributed by atoms with Crippen LogP contribution in [0.5, 0.6) is 0 Å². The molecule has 2 aliphatic rings. The average molecular weight is 317 g/mol. The molecule has 0 aromatic rings. The number of hydrogen-bond acceptors (Lipinski definition) is 7. The van der Waals surface area contributed by atoms with E-state index >= 15 is 0 Å². The van der Waals surface area contributed by atoms with Gasteiger partial charge in [0.15, 0.2) is 21.3 Å². The Labute approximate surface area is 121 Å². The minimum absolute atomic E-state index is 0.193. The molecule has 8 nitrogen and oxygen atoms in total. The molecule has 0 N–H and O–H groups in total. The first kappa shape index (κ1) is 15.5. The molecule has 1 amide bonds. The minimum Gasteiger partial charge on any atom is -0.467 e. The summed E-state index contributed by atoms with van der Waals surface area (Å²) in [5, 5.41) is -1.32. The predicted octanol–water partition coefficient (Wildman–Crippen LogP) is -0.997. The van der Waals surface area contributed by atoms with Gasteiger partial charge in [-0.3, -0.25) is 4.79 Å². The number of methoxy groups -OCH3 is 2. The lowest BCUT2D eigenvalue weighted by molar-refractivity contribution is -0.155. The van der Waals surface area contributed by atoms with Crippen LogP contribution in [0.25, 0.3) is 0 Å². The van der Waals surface area contributed by atoms with Gasteiger partial charge < -0.3 is 14.4 Å². The Hall–Kier alpha value is -1.90. The first-order chi connectivity index (χ1) is 9.61. The Morgan fingerprint density at radius 3 is 2.29 bits per heavy atom. The molecular weight excluding hydrogens is 302 g/mol.